The third-order valence-corrected chi connectivity index (χ3v) is 8.62. The fraction of sp³-hybridized carbons (Fsp3) is 0.281. The van der Waals surface area contributed by atoms with Gasteiger partial charge in [0.15, 0.2) is 21.3 Å². The van der Waals surface area contributed by atoms with E-state index in [0.717, 1.165) is 24.7 Å². The number of anilines is 3. The summed E-state index contributed by atoms with van der Waals surface area (Å²) in [4.78, 5) is 48.3. The van der Waals surface area contributed by atoms with E-state index in [-0.39, 0.29) is 46.4 Å². The standard InChI is InChI=1S/C32H34N8O6S/c1-18-6-10-23(36-25-15-26(37-30(41)19-7-8-19)38-39-28(25)31(42)33-2)29(46-4)27(18)20-9-11-24(35-16-20)32(43)40(3)17-21-14-22(12-13-34-21)47(5,44)45/h6,9-16,19H,7-8,17H2,1-5H3,(H,33,42)(H2,36,37,38,41). The molecule has 3 aromatic heterocycles. The third-order valence-electron chi connectivity index (χ3n) is 7.51. The Hall–Kier alpha value is -5.44. The van der Waals surface area contributed by atoms with Crippen molar-refractivity contribution in [3.63, 3.8) is 0 Å². The first-order chi connectivity index (χ1) is 22.4. The van der Waals surface area contributed by atoms with Gasteiger partial charge < -0.3 is 25.6 Å². The van der Waals surface area contributed by atoms with Crippen LogP contribution in [0.15, 0.2) is 59.8 Å². The van der Waals surface area contributed by atoms with Gasteiger partial charge in [-0.15, -0.1) is 10.2 Å². The molecule has 1 aromatic carbocycles. The first-order valence-electron chi connectivity index (χ1n) is 14.6. The second-order valence-electron chi connectivity index (χ2n) is 11.1. The summed E-state index contributed by atoms with van der Waals surface area (Å²) in [7, 11) is 1.16. The maximum atomic E-state index is 13.2. The smallest absolute Gasteiger partial charge is 0.273 e. The number of benzene rings is 1. The number of aromatic nitrogens is 4. The molecule has 3 heterocycles. The van der Waals surface area contributed by atoms with Gasteiger partial charge in [0.1, 0.15) is 11.4 Å². The summed E-state index contributed by atoms with van der Waals surface area (Å²) in [6.07, 6.45) is 5.72. The number of rotatable bonds is 11. The number of sulfone groups is 1. The Morgan fingerprint density at radius 1 is 1.02 bits per heavy atom. The van der Waals surface area contributed by atoms with Crippen molar-refractivity contribution in [1.82, 2.24) is 30.4 Å². The fourth-order valence-corrected chi connectivity index (χ4v) is 5.51. The lowest BCUT2D eigenvalue weighted by atomic mass is 9.99. The van der Waals surface area contributed by atoms with E-state index in [4.69, 9.17) is 4.74 Å². The van der Waals surface area contributed by atoms with Crippen molar-refractivity contribution < 1.29 is 27.5 Å². The topological polar surface area (TPSA) is 185 Å². The molecule has 1 aliphatic carbocycles. The summed E-state index contributed by atoms with van der Waals surface area (Å²) in [5.74, 6) is -0.386. The van der Waals surface area contributed by atoms with E-state index >= 15 is 0 Å². The van der Waals surface area contributed by atoms with Crippen LogP contribution in [-0.2, 0) is 21.2 Å². The van der Waals surface area contributed by atoms with Gasteiger partial charge in [-0.2, -0.15) is 0 Å². The number of hydrogen-bond donors (Lipinski definition) is 3. The van der Waals surface area contributed by atoms with Crippen molar-refractivity contribution in [3.8, 4) is 16.9 Å². The third kappa shape index (κ3) is 7.52. The summed E-state index contributed by atoms with van der Waals surface area (Å²) in [6.45, 7) is 1.99. The Morgan fingerprint density at radius 2 is 1.79 bits per heavy atom. The quantitative estimate of drug-likeness (QED) is 0.215. The van der Waals surface area contributed by atoms with E-state index < -0.39 is 15.7 Å². The minimum atomic E-state index is -3.42. The molecule has 1 saturated carbocycles. The number of carbonyl (C=O) groups excluding carboxylic acids is 3. The first kappa shape index (κ1) is 32.9. The van der Waals surface area contributed by atoms with Gasteiger partial charge >= 0.3 is 0 Å². The van der Waals surface area contributed by atoms with Crippen LogP contribution in [0, 0.1) is 12.8 Å². The average molecular weight is 659 g/mol. The summed E-state index contributed by atoms with van der Waals surface area (Å²) in [5, 5.41) is 16.6. The van der Waals surface area contributed by atoms with Crippen LogP contribution >= 0.6 is 0 Å². The Bertz CT molecular complexity index is 1960. The molecule has 0 atom stereocenters. The fourth-order valence-electron chi connectivity index (χ4n) is 4.86. The largest absolute Gasteiger partial charge is 0.494 e. The summed E-state index contributed by atoms with van der Waals surface area (Å²) in [5.41, 5.74) is 3.66. The Labute approximate surface area is 271 Å². The van der Waals surface area contributed by atoms with Crippen LogP contribution in [-0.4, -0.2) is 78.7 Å². The van der Waals surface area contributed by atoms with Crippen LogP contribution < -0.4 is 20.7 Å². The van der Waals surface area contributed by atoms with E-state index in [0.29, 0.717) is 33.9 Å². The van der Waals surface area contributed by atoms with E-state index in [9.17, 15) is 22.8 Å². The number of carbonyl (C=O) groups is 3. The molecular weight excluding hydrogens is 624 g/mol. The summed E-state index contributed by atoms with van der Waals surface area (Å²) < 4.78 is 29.7. The molecule has 1 fully saturated rings. The minimum Gasteiger partial charge on any atom is -0.494 e. The average Bonchev–Trinajstić information content (AvgIpc) is 3.91. The van der Waals surface area contributed by atoms with Crippen LogP contribution in [0.3, 0.4) is 0 Å². The number of hydrogen-bond acceptors (Lipinski definition) is 11. The van der Waals surface area contributed by atoms with E-state index in [1.165, 1.54) is 37.4 Å². The van der Waals surface area contributed by atoms with Gasteiger partial charge in [-0.25, -0.2) is 8.42 Å². The highest BCUT2D eigenvalue weighted by molar-refractivity contribution is 7.90. The van der Waals surface area contributed by atoms with E-state index in [2.05, 4.69) is 36.1 Å². The highest BCUT2D eigenvalue weighted by Gasteiger charge is 2.30. The van der Waals surface area contributed by atoms with Gasteiger partial charge in [0, 0.05) is 55.9 Å². The maximum Gasteiger partial charge on any atom is 0.273 e. The van der Waals surface area contributed by atoms with Gasteiger partial charge in [0.25, 0.3) is 11.8 Å². The van der Waals surface area contributed by atoms with Gasteiger partial charge in [0.2, 0.25) is 5.91 Å². The zero-order valence-electron chi connectivity index (χ0n) is 26.5. The van der Waals surface area contributed by atoms with Crippen LogP contribution in [0.4, 0.5) is 17.2 Å². The SMILES string of the molecule is CNC(=O)c1nnc(NC(=O)C2CC2)cc1Nc1ccc(C)c(-c2ccc(C(=O)N(C)Cc3cc(S(C)(=O)=O)ccn3)nc2)c1OC. The molecule has 5 rings (SSSR count). The molecule has 0 unspecified atom stereocenters. The number of ether oxygens (including phenoxy) is 1. The second kappa shape index (κ2) is 13.5. The Kier molecular flexibility index (Phi) is 9.46. The summed E-state index contributed by atoms with van der Waals surface area (Å²) >= 11 is 0. The molecule has 244 valence electrons. The summed E-state index contributed by atoms with van der Waals surface area (Å²) in [6, 6.07) is 11.4. The Morgan fingerprint density at radius 3 is 2.43 bits per heavy atom. The van der Waals surface area contributed by atoms with Crippen LogP contribution in [0.2, 0.25) is 0 Å². The van der Waals surface area contributed by atoms with Gasteiger partial charge in [-0.05, 0) is 49.6 Å². The molecule has 0 bridgehead atoms. The number of methoxy groups -OCH3 is 1. The highest BCUT2D eigenvalue weighted by Crippen LogP contribution is 2.41. The molecule has 1 aliphatic rings. The number of aryl methyl sites for hydroxylation is 1. The molecule has 0 saturated heterocycles. The van der Waals surface area contributed by atoms with E-state index in [1.807, 2.05) is 13.0 Å². The Balaban J connectivity index is 1.40. The predicted octanol–water partition coefficient (Wildman–Crippen LogP) is 3.38. The number of amides is 3. The highest BCUT2D eigenvalue weighted by atomic mass is 32.2. The zero-order chi connectivity index (χ0) is 33.9. The van der Waals surface area contributed by atoms with Crippen LogP contribution in [0.5, 0.6) is 5.75 Å². The normalized spacial score (nSPS) is 12.6. The monoisotopic (exact) mass is 658 g/mol. The molecule has 14 nitrogen and oxygen atoms in total. The molecule has 0 radical (unpaired) electrons. The predicted molar refractivity (Wildman–Crippen MR) is 174 cm³/mol. The molecule has 0 spiro atoms. The molecule has 3 N–H and O–H groups in total. The number of nitrogens with one attached hydrogen (secondary N) is 3. The van der Waals surface area contributed by atoms with Crippen molar-refractivity contribution >= 4 is 44.8 Å². The van der Waals surface area contributed by atoms with Crippen molar-refractivity contribution in [2.45, 2.75) is 31.2 Å². The molecule has 15 heteroatoms. The minimum absolute atomic E-state index is 0.0213. The molecule has 4 aromatic rings. The lowest BCUT2D eigenvalue weighted by Gasteiger charge is -2.19. The van der Waals surface area contributed by atoms with E-state index in [1.54, 1.807) is 37.5 Å². The van der Waals surface area contributed by atoms with Gasteiger partial charge in [-0.3, -0.25) is 24.4 Å². The lowest BCUT2D eigenvalue weighted by Crippen LogP contribution is -2.27. The second-order valence-corrected chi connectivity index (χ2v) is 13.2. The van der Waals surface area contributed by atoms with Crippen LogP contribution in [0.25, 0.3) is 11.1 Å². The van der Waals surface area contributed by atoms with Crippen molar-refractivity contribution in [2.75, 3.05) is 38.1 Å². The van der Waals surface area contributed by atoms with Crippen molar-refractivity contribution in [3.05, 3.63) is 77.5 Å². The van der Waals surface area contributed by atoms with Crippen molar-refractivity contribution in [1.29, 1.82) is 0 Å². The lowest BCUT2D eigenvalue weighted by molar-refractivity contribution is -0.117. The number of nitrogens with zero attached hydrogens (tertiary/aromatic N) is 5. The molecule has 0 aliphatic heterocycles. The van der Waals surface area contributed by atoms with Gasteiger partial charge in [0.05, 0.1) is 35.6 Å². The molecule has 3 amide bonds. The van der Waals surface area contributed by atoms with Crippen molar-refractivity contribution in [2.24, 2.45) is 5.92 Å². The van der Waals surface area contributed by atoms with Gasteiger partial charge in [-0.1, -0.05) is 12.1 Å². The molecular formula is C32H34N8O6S. The zero-order valence-corrected chi connectivity index (χ0v) is 27.3. The maximum absolute atomic E-state index is 13.2. The number of pyridine rings is 2. The first-order valence-corrected chi connectivity index (χ1v) is 16.5. The molecule has 47 heavy (non-hydrogen) atoms. The van der Waals surface area contributed by atoms with Crippen LogP contribution in [0.1, 0.15) is 45.1 Å².